The predicted octanol–water partition coefficient (Wildman–Crippen LogP) is 5.61. The summed E-state index contributed by atoms with van der Waals surface area (Å²) >= 11 is 5.89. The number of amides is 1. The van der Waals surface area contributed by atoms with E-state index in [1.54, 1.807) is 35.1 Å². The molecule has 172 valence electrons. The van der Waals surface area contributed by atoms with Gasteiger partial charge in [0.1, 0.15) is 18.0 Å². The largest absolute Gasteiger partial charge is 0.457 e. The Kier molecular flexibility index (Phi) is 5.62. The number of nitro groups is 1. The number of anilines is 1. The molecule has 34 heavy (non-hydrogen) atoms. The first-order valence-corrected chi connectivity index (χ1v) is 11.1. The highest BCUT2D eigenvalue weighted by molar-refractivity contribution is 6.30. The number of carbonyl (C=O) groups excluding carboxylic acids is 1. The maximum Gasteiger partial charge on any atom is 0.275 e. The Morgan fingerprint density at radius 3 is 2.68 bits per heavy atom. The monoisotopic (exact) mass is 477 g/mol. The molecule has 2 heterocycles. The molecule has 4 aromatic rings. The number of halogens is 1. The third-order valence-corrected chi connectivity index (χ3v) is 5.84. The highest BCUT2D eigenvalue weighted by Gasteiger charge is 2.27. The second kappa shape index (κ2) is 8.75. The number of aromatic nitrogens is 3. The highest BCUT2D eigenvalue weighted by Crippen LogP contribution is 2.43. The maximum absolute atomic E-state index is 12.8. The highest BCUT2D eigenvalue weighted by atomic mass is 35.5. The van der Waals surface area contributed by atoms with Crippen LogP contribution in [0.3, 0.4) is 0 Å². The van der Waals surface area contributed by atoms with Gasteiger partial charge in [-0.05, 0) is 61.6 Å². The Morgan fingerprint density at radius 1 is 1.21 bits per heavy atom. The van der Waals surface area contributed by atoms with Crippen LogP contribution in [0.25, 0.3) is 11.0 Å². The van der Waals surface area contributed by atoms with Crippen LogP contribution in [-0.4, -0.2) is 25.6 Å². The van der Waals surface area contributed by atoms with Crippen LogP contribution in [0.5, 0.6) is 11.5 Å². The van der Waals surface area contributed by atoms with Crippen molar-refractivity contribution in [2.24, 2.45) is 0 Å². The molecule has 1 N–H and O–H groups in total. The first kappa shape index (κ1) is 21.8. The predicted molar refractivity (Wildman–Crippen MR) is 127 cm³/mol. The van der Waals surface area contributed by atoms with E-state index in [2.05, 4.69) is 15.4 Å². The van der Waals surface area contributed by atoms with Gasteiger partial charge >= 0.3 is 0 Å². The number of nitrogens with zero attached hydrogens (tertiary/aromatic N) is 4. The number of hydrogen-bond donors (Lipinski definition) is 1. The average Bonchev–Trinajstić information content (AvgIpc) is 3.60. The Bertz CT molecular complexity index is 1410. The smallest absolute Gasteiger partial charge is 0.275 e. The zero-order valence-corrected chi connectivity index (χ0v) is 19.0. The van der Waals surface area contributed by atoms with Gasteiger partial charge in [-0.1, -0.05) is 11.6 Å². The van der Waals surface area contributed by atoms with Crippen LogP contribution in [0.1, 0.15) is 30.0 Å². The molecule has 0 saturated heterocycles. The van der Waals surface area contributed by atoms with Crippen molar-refractivity contribution >= 4 is 39.9 Å². The van der Waals surface area contributed by atoms with E-state index < -0.39 is 4.92 Å². The van der Waals surface area contributed by atoms with Crippen molar-refractivity contribution in [1.82, 2.24) is 14.8 Å². The van der Waals surface area contributed by atoms with Gasteiger partial charge in [0.2, 0.25) is 5.91 Å². The van der Waals surface area contributed by atoms with E-state index in [1.165, 1.54) is 23.8 Å². The van der Waals surface area contributed by atoms with Crippen molar-refractivity contribution in [1.29, 1.82) is 0 Å². The third-order valence-electron chi connectivity index (χ3n) is 5.59. The van der Waals surface area contributed by atoms with E-state index in [-0.39, 0.29) is 29.6 Å². The van der Waals surface area contributed by atoms with Crippen LogP contribution >= 0.6 is 11.6 Å². The van der Waals surface area contributed by atoms with Gasteiger partial charge in [-0.25, -0.2) is 9.67 Å². The van der Waals surface area contributed by atoms with Crippen molar-refractivity contribution in [3.05, 3.63) is 81.1 Å². The Labute approximate surface area is 199 Å². The first-order valence-electron chi connectivity index (χ1n) is 10.7. The molecular weight excluding hydrogens is 458 g/mol. The zero-order chi connectivity index (χ0) is 23.8. The number of nitro benzene ring substituents is 1. The molecule has 0 aliphatic heterocycles. The minimum atomic E-state index is -0.544. The fourth-order valence-electron chi connectivity index (χ4n) is 3.95. The van der Waals surface area contributed by atoms with Crippen LogP contribution in [0.4, 0.5) is 11.4 Å². The van der Waals surface area contributed by atoms with Crippen LogP contribution in [0, 0.1) is 17.0 Å². The Balaban J connectivity index is 1.38. The van der Waals surface area contributed by atoms with E-state index in [0.717, 1.165) is 23.9 Å². The summed E-state index contributed by atoms with van der Waals surface area (Å²) in [7, 11) is 0. The van der Waals surface area contributed by atoms with Crippen LogP contribution in [0.15, 0.2) is 54.7 Å². The van der Waals surface area contributed by atoms with Gasteiger partial charge < -0.3 is 10.1 Å². The topological polar surface area (TPSA) is 112 Å². The van der Waals surface area contributed by atoms with Crippen LogP contribution in [0.2, 0.25) is 5.02 Å². The molecule has 0 unspecified atom stereocenters. The van der Waals surface area contributed by atoms with E-state index in [0.29, 0.717) is 22.3 Å². The number of non-ortho nitro benzene ring substituents is 1. The molecule has 0 radical (unpaired) electrons. The molecule has 1 aliphatic rings. The van der Waals surface area contributed by atoms with Crippen molar-refractivity contribution < 1.29 is 14.5 Å². The Hall–Kier alpha value is -3.98. The van der Waals surface area contributed by atoms with E-state index in [1.807, 2.05) is 13.0 Å². The number of ether oxygens (including phenoxy) is 1. The summed E-state index contributed by atoms with van der Waals surface area (Å²) in [5.41, 5.74) is 2.73. The number of carbonyl (C=O) groups is 1. The van der Waals surface area contributed by atoms with Gasteiger partial charge in [0, 0.05) is 28.7 Å². The number of benzene rings is 2. The average molecular weight is 478 g/mol. The number of fused-ring (bicyclic) bond motifs is 1. The Morgan fingerprint density at radius 2 is 1.97 bits per heavy atom. The second-order valence-electron chi connectivity index (χ2n) is 8.19. The van der Waals surface area contributed by atoms with Crippen LogP contribution in [-0.2, 0) is 11.3 Å². The van der Waals surface area contributed by atoms with Crippen molar-refractivity contribution in [3.63, 3.8) is 0 Å². The number of hydrogen-bond acceptors (Lipinski definition) is 6. The van der Waals surface area contributed by atoms with E-state index in [4.69, 9.17) is 16.3 Å². The van der Waals surface area contributed by atoms with Gasteiger partial charge in [-0.15, -0.1) is 0 Å². The molecular formula is C24H20ClN5O4. The summed E-state index contributed by atoms with van der Waals surface area (Å²) in [4.78, 5) is 28.1. The number of pyridine rings is 1. The van der Waals surface area contributed by atoms with Gasteiger partial charge in [0.25, 0.3) is 5.69 Å². The molecule has 1 amide bonds. The molecule has 9 nitrogen and oxygen atoms in total. The molecule has 1 saturated carbocycles. The summed E-state index contributed by atoms with van der Waals surface area (Å²) < 4.78 is 7.29. The first-order chi connectivity index (χ1) is 16.4. The second-order valence-corrected chi connectivity index (χ2v) is 8.63. The third kappa shape index (κ3) is 4.55. The quantitative estimate of drug-likeness (QED) is 0.273. The fraction of sp³-hybridized carbons (Fsp3) is 0.208. The van der Waals surface area contributed by atoms with Crippen LogP contribution < -0.4 is 10.1 Å². The molecule has 0 bridgehead atoms. The maximum atomic E-state index is 12.8. The number of nitrogens with one attached hydrogen (secondary N) is 1. The summed E-state index contributed by atoms with van der Waals surface area (Å²) in [5, 5.41) is 20.2. The van der Waals surface area contributed by atoms with Gasteiger partial charge in [0.15, 0.2) is 5.65 Å². The number of aryl methyl sites for hydroxylation is 1. The molecule has 1 fully saturated rings. The summed E-state index contributed by atoms with van der Waals surface area (Å²) in [5.74, 6) is 0.807. The van der Waals surface area contributed by atoms with Gasteiger partial charge in [-0.2, -0.15) is 5.10 Å². The van der Waals surface area contributed by atoms with Crippen molar-refractivity contribution in [2.45, 2.75) is 32.2 Å². The van der Waals surface area contributed by atoms with Gasteiger partial charge in [0.05, 0.1) is 22.4 Å². The SMILES string of the molecule is Cc1nn(CC(=O)Nc2cc(Oc3ccc(Cl)cc3)cc([N+](=O)[O-])c2)c2nccc(C3CC3)c12. The summed E-state index contributed by atoms with van der Waals surface area (Å²) in [6.07, 6.45) is 4.04. The number of rotatable bonds is 7. The molecule has 0 spiro atoms. The lowest BCUT2D eigenvalue weighted by molar-refractivity contribution is -0.384. The minimum Gasteiger partial charge on any atom is -0.457 e. The molecule has 2 aromatic heterocycles. The molecule has 2 aromatic carbocycles. The lowest BCUT2D eigenvalue weighted by Crippen LogP contribution is -2.20. The van der Waals surface area contributed by atoms with E-state index >= 15 is 0 Å². The summed E-state index contributed by atoms with van der Waals surface area (Å²) in [6.45, 7) is 1.83. The molecule has 5 rings (SSSR count). The lowest BCUT2D eigenvalue weighted by atomic mass is 10.1. The van der Waals surface area contributed by atoms with Crippen molar-refractivity contribution in [3.8, 4) is 11.5 Å². The fourth-order valence-corrected chi connectivity index (χ4v) is 4.08. The molecule has 0 atom stereocenters. The summed E-state index contributed by atoms with van der Waals surface area (Å²) in [6, 6.07) is 12.7. The lowest BCUT2D eigenvalue weighted by Gasteiger charge is -2.10. The normalized spacial score (nSPS) is 13.1. The minimum absolute atomic E-state index is 0.0818. The molecule has 1 aliphatic carbocycles. The van der Waals surface area contributed by atoms with Gasteiger partial charge in [-0.3, -0.25) is 14.9 Å². The zero-order valence-electron chi connectivity index (χ0n) is 18.2. The standard InChI is InChI=1S/C24H20ClN5O4/c1-14-23-21(15-2-3-15)8-9-26-24(23)29(28-14)13-22(31)27-17-10-18(30(32)33)12-20(11-17)34-19-6-4-16(25)5-7-19/h4-12,15H,2-3,13H2,1H3,(H,27,31). The molecule has 10 heteroatoms. The van der Waals surface area contributed by atoms with E-state index in [9.17, 15) is 14.9 Å². The van der Waals surface area contributed by atoms with Crippen molar-refractivity contribution in [2.75, 3.05) is 5.32 Å².